The highest BCUT2D eigenvalue weighted by molar-refractivity contribution is 6.30. The van der Waals surface area contributed by atoms with Gasteiger partial charge < -0.3 is 15.5 Å². The zero-order valence-corrected chi connectivity index (χ0v) is 14.6. The molecule has 2 N–H and O–H groups in total. The van der Waals surface area contributed by atoms with E-state index in [0.29, 0.717) is 36.8 Å². The smallest absolute Gasteiger partial charge is 0.253 e. The number of carbonyl (C=O) groups excluding carboxylic acids is 2. The summed E-state index contributed by atoms with van der Waals surface area (Å²) in [6, 6.07) is 6.91. The number of hydrogen-bond acceptors (Lipinski definition) is 3. The van der Waals surface area contributed by atoms with Crippen LogP contribution in [0.15, 0.2) is 24.3 Å². The van der Waals surface area contributed by atoms with Gasteiger partial charge in [0.05, 0.1) is 5.54 Å². The fourth-order valence-corrected chi connectivity index (χ4v) is 3.73. The normalized spacial score (nSPS) is 20.8. The van der Waals surface area contributed by atoms with Crippen LogP contribution in [-0.4, -0.2) is 53.3 Å². The number of benzene rings is 1. The highest BCUT2D eigenvalue weighted by Crippen LogP contribution is 2.28. The van der Waals surface area contributed by atoms with Crippen LogP contribution < -0.4 is 5.73 Å². The molecular formula is C18H24ClN3O2. The summed E-state index contributed by atoms with van der Waals surface area (Å²) in [5.41, 5.74) is 6.28. The van der Waals surface area contributed by atoms with Gasteiger partial charge in [0.1, 0.15) is 0 Å². The number of piperazine rings is 1. The van der Waals surface area contributed by atoms with Gasteiger partial charge in [0.25, 0.3) is 5.91 Å². The van der Waals surface area contributed by atoms with Crippen molar-refractivity contribution in [1.82, 2.24) is 9.80 Å². The van der Waals surface area contributed by atoms with Gasteiger partial charge in [-0.15, -0.1) is 0 Å². The van der Waals surface area contributed by atoms with Gasteiger partial charge in [0.15, 0.2) is 0 Å². The lowest BCUT2D eigenvalue weighted by molar-refractivity contribution is -0.139. The van der Waals surface area contributed by atoms with Crippen molar-refractivity contribution in [2.75, 3.05) is 26.2 Å². The van der Waals surface area contributed by atoms with Crippen molar-refractivity contribution in [3.63, 3.8) is 0 Å². The van der Waals surface area contributed by atoms with Crippen molar-refractivity contribution in [2.45, 2.75) is 37.6 Å². The molecule has 0 bridgehead atoms. The maximum atomic E-state index is 12.7. The first-order valence-corrected chi connectivity index (χ1v) is 9.00. The lowest BCUT2D eigenvalue weighted by Crippen LogP contribution is -2.60. The molecule has 2 amide bonds. The summed E-state index contributed by atoms with van der Waals surface area (Å²) in [5, 5.41) is 0.614. The predicted octanol–water partition coefficient (Wildman–Crippen LogP) is 2.29. The van der Waals surface area contributed by atoms with Crippen LogP contribution in [0.25, 0.3) is 0 Å². The monoisotopic (exact) mass is 349 g/mol. The molecule has 1 heterocycles. The molecule has 1 aromatic rings. The largest absolute Gasteiger partial charge is 0.338 e. The molecule has 1 aromatic carbocycles. The van der Waals surface area contributed by atoms with Crippen LogP contribution in [0.3, 0.4) is 0 Å². The maximum Gasteiger partial charge on any atom is 0.253 e. The van der Waals surface area contributed by atoms with Gasteiger partial charge in [-0.3, -0.25) is 9.59 Å². The third kappa shape index (κ3) is 3.57. The van der Waals surface area contributed by atoms with Gasteiger partial charge in [-0.05, 0) is 37.1 Å². The Morgan fingerprint density at radius 1 is 0.917 bits per heavy atom. The Bertz CT molecular complexity index is 603. The molecule has 5 nitrogen and oxygen atoms in total. The fourth-order valence-electron chi connectivity index (χ4n) is 3.60. The molecule has 130 valence electrons. The van der Waals surface area contributed by atoms with Crippen LogP contribution in [0.2, 0.25) is 5.02 Å². The molecule has 0 aromatic heterocycles. The quantitative estimate of drug-likeness (QED) is 0.890. The number of nitrogens with two attached hydrogens (primary N) is 1. The summed E-state index contributed by atoms with van der Waals surface area (Å²) in [6.45, 7) is 2.20. The maximum absolute atomic E-state index is 12.7. The van der Waals surface area contributed by atoms with Crippen LogP contribution in [0.4, 0.5) is 0 Å². The second-order valence-corrected chi connectivity index (χ2v) is 7.24. The molecule has 1 aliphatic carbocycles. The van der Waals surface area contributed by atoms with Gasteiger partial charge in [-0.2, -0.15) is 0 Å². The van der Waals surface area contributed by atoms with E-state index in [1.54, 1.807) is 29.2 Å². The van der Waals surface area contributed by atoms with E-state index in [9.17, 15) is 9.59 Å². The number of carbonyl (C=O) groups is 2. The number of rotatable bonds is 2. The molecule has 0 radical (unpaired) electrons. The zero-order chi connectivity index (χ0) is 17.2. The molecule has 6 heteroatoms. The van der Waals surface area contributed by atoms with E-state index >= 15 is 0 Å². The molecule has 0 atom stereocenters. The van der Waals surface area contributed by atoms with Crippen LogP contribution in [0, 0.1) is 0 Å². The first-order valence-electron chi connectivity index (χ1n) is 8.63. The van der Waals surface area contributed by atoms with Crippen LogP contribution in [0.1, 0.15) is 42.5 Å². The van der Waals surface area contributed by atoms with Gasteiger partial charge >= 0.3 is 0 Å². The molecular weight excluding hydrogens is 326 g/mol. The lowest BCUT2D eigenvalue weighted by atomic mass is 9.81. The van der Waals surface area contributed by atoms with Crippen LogP contribution in [0.5, 0.6) is 0 Å². The first-order chi connectivity index (χ1) is 11.5. The summed E-state index contributed by atoms with van der Waals surface area (Å²) in [5.74, 6) is 0.0414. The van der Waals surface area contributed by atoms with Crippen molar-refractivity contribution in [1.29, 1.82) is 0 Å². The minimum Gasteiger partial charge on any atom is -0.338 e. The van der Waals surface area contributed by atoms with E-state index in [1.165, 1.54) is 0 Å². The van der Waals surface area contributed by atoms with Gasteiger partial charge in [-0.25, -0.2) is 0 Å². The standard InChI is InChI=1S/C18H24ClN3O2/c19-15-6-4-14(5-7-15)16(23)21-10-12-22(13-11-21)17(24)18(20)8-2-1-3-9-18/h4-7H,1-3,8-13,20H2. The molecule has 2 aliphatic rings. The van der Waals surface area contributed by atoms with Crippen LogP contribution in [-0.2, 0) is 4.79 Å². The second-order valence-electron chi connectivity index (χ2n) is 6.81. The zero-order valence-electron chi connectivity index (χ0n) is 13.8. The Morgan fingerprint density at radius 2 is 1.46 bits per heavy atom. The van der Waals surface area contributed by atoms with Gasteiger partial charge in [0, 0.05) is 36.8 Å². The number of amides is 2. The van der Waals surface area contributed by atoms with E-state index in [4.69, 9.17) is 17.3 Å². The average Bonchev–Trinajstić information content (AvgIpc) is 2.62. The van der Waals surface area contributed by atoms with E-state index in [0.717, 1.165) is 32.1 Å². The van der Waals surface area contributed by atoms with Crippen LogP contribution >= 0.6 is 11.6 Å². The fraction of sp³-hybridized carbons (Fsp3) is 0.556. The average molecular weight is 350 g/mol. The second kappa shape index (κ2) is 7.11. The third-order valence-electron chi connectivity index (χ3n) is 5.12. The van der Waals surface area contributed by atoms with Gasteiger partial charge in [-0.1, -0.05) is 30.9 Å². The number of hydrogen-bond donors (Lipinski definition) is 1. The Kier molecular flexibility index (Phi) is 5.11. The predicted molar refractivity (Wildman–Crippen MR) is 93.9 cm³/mol. The van der Waals surface area contributed by atoms with E-state index < -0.39 is 5.54 Å². The minimum atomic E-state index is -0.694. The first kappa shape index (κ1) is 17.2. The van der Waals surface area contributed by atoms with Crippen molar-refractivity contribution in [3.05, 3.63) is 34.9 Å². The number of halogens is 1. The molecule has 1 saturated carbocycles. The summed E-state index contributed by atoms with van der Waals surface area (Å²) >= 11 is 5.86. The van der Waals surface area contributed by atoms with Crippen molar-refractivity contribution < 1.29 is 9.59 Å². The SMILES string of the molecule is NC1(C(=O)N2CCN(C(=O)c3ccc(Cl)cc3)CC2)CCCCC1. The molecule has 0 unspecified atom stereocenters. The van der Waals surface area contributed by atoms with Crippen molar-refractivity contribution in [3.8, 4) is 0 Å². The molecule has 1 aliphatic heterocycles. The summed E-state index contributed by atoms with van der Waals surface area (Å²) < 4.78 is 0. The Hall–Kier alpha value is -1.59. The Morgan fingerprint density at radius 3 is 2.04 bits per heavy atom. The van der Waals surface area contributed by atoms with Crippen molar-refractivity contribution >= 4 is 23.4 Å². The lowest BCUT2D eigenvalue weighted by Gasteiger charge is -2.41. The van der Waals surface area contributed by atoms with Crippen molar-refractivity contribution in [2.24, 2.45) is 5.73 Å². The minimum absolute atomic E-state index is 0.0149. The number of nitrogens with zero attached hydrogens (tertiary/aromatic N) is 2. The summed E-state index contributed by atoms with van der Waals surface area (Å²) in [6.07, 6.45) is 4.76. The third-order valence-corrected chi connectivity index (χ3v) is 5.37. The molecule has 2 fully saturated rings. The summed E-state index contributed by atoms with van der Waals surface area (Å²) in [4.78, 5) is 28.9. The van der Waals surface area contributed by atoms with Gasteiger partial charge in [0.2, 0.25) is 5.91 Å². The molecule has 0 spiro atoms. The molecule has 24 heavy (non-hydrogen) atoms. The topological polar surface area (TPSA) is 66.6 Å². The summed E-state index contributed by atoms with van der Waals surface area (Å²) in [7, 11) is 0. The molecule has 1 saturated heterocycles. The molecule has 3 rings (SSSR count). The Balaban J connectivity index is 1.58. The highest BCUT2D eigenvalue weighted by atomic mass is 35.5. The van der Waals surface area contributed by atoms with E-state index in [1.807, 2.05) is 4.90 Å². The van der Waals surface area contributed by atoms with E-state index in [-0.39, 0.29) is 11.8 Å². The Labute approximate surface area is 147 Å². The highest BCUT2D eigenvalue weighted by Gasteiger charge is 2.39. The van der Waals surface area contributed by atoms with E-state index in [2.05, 4.69) is 0 Å².